The van der Waals surface area contributed by atoms with Crippen molar-refractivity contribution in [2.75, 3.05) is 0 Å². The van der Waals surface area contributed by atoms with Gasteiger partial charge in [0.2, 0.25) is 15.3 Å². The van der Waals surface area contributed by atoms with E-state index in [9.17, 15) is 39.9 Å². The van der Waals surface area contributed by atoms with Crippen LogP contribution in [-0.4, -0.2) is 25.9 Å². The number of ether oxygens (including phenoxy) is 1. The number of aryl methyl sites for hydroxylation is 2. The van der Waals surface area contributed by atoms with Crippen LogP contribution in [-0.2, 0) is 21.1 Å². The highest BCUT2D eigenvalue weighted by Crippen LogP contribution is 2.57. The molecule has 42 heavy (non-hydrogen) atoms. The van der Waals surface area contributed by atoms with Gasteiger partial charge in [0.05, 0.1) is 15.7 Å². The predicted octanol–water partition coefficient (Wildman–Crippen LogP) is 8.78. The van der Waals surface area contributed by atoms with Crippen molar-refractivity contribution in [2.45, 2.75) is 47.3 Å². The fourth-order valence-corrected chi connectivity index (χ4v) is 6.02. The zero-order valence-corrected chi connectivity index (χ0v) is 23.6. The van der Waals surface area contributed by atoms with E-state index >= 15 is 0 Å². The van der Waals surface area contributed by atoms with E-state index in [2.05, 4.69) is 0 Å². The lowest BCUT2D eigenvalue weighted by atomic mass is 9.72. The highest BCUT2D eigenvalue weighted by atomic mass is 35.5. The first-order valence-corrected chi connectivity index (χ1v) is 14.3. The largest absolute Gasteiger partial charge is 0.508 e. The van der Waals surface area contributed by atoms with Crippen molar-refractivity contribution in [3.63, 3.8) is 0 Å². The summed E-state index contributed by atoms with van der Waals surface area (Å²) < 4.78 is 119. The van der Waals surface area contributed by atoms with Crippen LogP contribution in [0, 0.1) is 13.8 Å². The molecule has 4 rings (SSSR count). The minimum Gasteiger partial charge on any atom is -0.508 e. The van der Waals surface area contributed by atoms with E-state index in [1.54, 1.807) is 12.1 Å². The van der Waals surface area contributed by atoms with Crippen LogP contribution in [0.15, 0.2) is 94.7 Å². The third-order valence-corrected chi connectivity index (χ3v) is 8.88. The van der Waals surface area contributed by atoms with Crippen LogP contribution in [0.25, 0.3) is 0 Å². The summed E-state index contributed by atoms with van der Waals surface area (Å²) in [5, 5.41) is 9.74. The van der Waals surface area contributed by atoms with Crippen LogP contribution in [0.1, 0.15) is 27.8 Å². The fourth-order valence-electron chi connectivity index (χ4n) is 4.55. The SMILES string of the molecule is Cc1ccc(S(=O)(=O)c2ccc(Oc3ccc(C(c4ccc(O)c(C)c4)(C(F)(F)F)C(F)(F)F)cc3CCl)cc2)cc1. The van der Waals surface area contributed by atoms with Crippen LogP contribution >= 0.6 is 11.6 Å². The Morgan fingerprint density at radius 3 is 1.74 bits per heavy atom. The smallest absolute Gasteiger partial charge is 0.411 e. The number of rotatable bonds is 7. The summed E-state index contributed by atoms with van der Waals surface area (Å²) in [6.45, 7) is 3.00. The van der Waals surface area contributed by atoms with Crippen molar-refractivity contribution in [3.05, 3.63) is 113 Å². The van der Waals surface area contributed by atoms with Crippen LogP contribution in [0.3, 0.4) is 0 Å². The van der Waals surface area contributed by atoms with E-state index in [0.29, 0.717) is 24.3 Å². The summed E-state index contributed by atoms with van der Waals surface area (Å²) in [6, 6.07) is 15.7. The van der Waals surface area contributed by atoms with Gasteiger partial charge in [-0.25, -0.2) is 8.42 Å². The second-order valence-corrected chi connectivity index (χ2v) is 11.8. The summed E-state index contributed by atoms with van der Waals surface area (Å²) in [6.07, 6.45) is -11.7. The number of phenols is 1. The molecule has 4 nitrogen and oxygen atoms in total. The average molecular weight is 629 g/mol. The topological polar surface area (TPSA) is 63.6 Å². The van der Waals surface area contributed by atoms with Crippen molar-refractivity contribution in [1.82, 2.24) is 0 Å². The van der Waals surface area contributed by atoms with Gasteiger partial charge in [-0.3, -0.25) is 0 Å². The number of hydrogen-bond donors (Lipinski definition) is 1. The Bertz CT molecular complexity index is 1680. The van der Waals surface area contributed by atoms with Crippen LogP contribution < -0.4 is 4.74 Å². The maximum Gasteiger partial charge on any atom is 0.411 e. The molecule has 12 heteroatoms. The van der Waals surface area contributed by atoms with Gasteiger partial charge in [-0.1, -0.05) is 35.9 Å². The minimum absolute atomic E-state index is 0.0454. The van der Waals surface area contributed by atoms with Crippen LogP contribution in [0.5, 0.6) is 17.2 Å². The Kier molecular flexibility index (Phi) is 8.32. The molecule has 1 N–H and O–H groups in total. The molecule has 4 aromatic rings. The Morgan fingerprint density at radius 2 is 1.24 bits per heavy atom. The standard InChI is InChI=1S/C30H23ClF6O4S/c1-18-3-9-24(10-4-18)42(39,40)25-11-7-23(8-12-25)41-27-14-6-22(16-20(27)17-31)28(29(32,33)34,30(35,36)37)21-5-13-26(38)19(2)15-21/h3-16,38H,17H2,1-2H3. The van der Waals surface area contributed by atoms with Gasteiger partial charge in [0.25, 0.3) is 0 Å². The zero-order valence-electron chi connectivity index (χ0n) is 22.0. The molecule has 0 aromatic heterocycles. The van der Waals surface area contributed by atoms with Crippen LogP contribution in [0.2, 0.25) is 0 Å². The second-order valence-electron chi connectivity index (χ2n) is 9.59. The molecule has 0 fully saturated rings. The van der Waals surface area contributed by atoms with E-state index in [1.165, 1.54) is 43.3 Å². The summed E-state index contributed by atoms with van der Waals surface area (Å²) in [5.41, 5.74) is -6.18. The quantitative estimate of drug-likeness (QED) is 0.164. The molecule has 4 aromatic carbocycles. The Balaban J connectivity index is 1.75. The molecule has 0 heterocycles. The molecule has 0 aliphatic carbocycles. The third-order valence-electron chi connectivity index (χ3n) is 6.81. The molecule has 0 spiro atoms. The molecule has 0 amide bonds. The highest BCUT2D eigenvalue weighted by molar-refractivity contribution is 7.91. The predicted molar refractivity (Wildman–Crippen MR) is 145 cm³/mol. The number of halogens is 7. The number of alkyl halides is 7. The molecule has 0 unspecified atom stereocenters. The molecule has 222 valence electrons. The molecule has 0 aliphatic heterocycles. The monoisotopic (exact) mass is 628 g/mol. The summed E-state index contributed by atoms with van der Waals surface area (Å²) >= 11 is 5.95. The van der Waals surface area contributed by atoms with E-state index < -0.39 is 50.4 Å². The molecular formula is C30H23ClF6O4S. The van der Waals surface area contributed by atoms with E-state index in [4.69, 9.17) is 16.3 Å². The van der Waals surface area contributed by atoms with Crippen molar-refractivity contribution in [1.29, 1.82) is 0 Å². The molecule has 0 bridgehead atoms. The van der Waals surface area contributed by atoms with Gasteiger partial charge in [0.1, 0.15) is 17.2 Å². The molecule has 0 saturated heterocycles. The minimum atomic E-state index is -5.83. The normalized spacial score (nSPS) is 12.8. The van der Waals surface area contributed by atoms with Gasteiger partial charge in [-0.05, 0) is 85.1 Å². The Labute approximate surface area is 243 Å². The van der Waals surface area contributed by atoms with E-state index in [1.807, 2.05) is 6.92 Å². The molecule has 0 saturated carbocycles. The average Bonchev–Trinajstić information content (AvgIpc) is 2.90. The Morgan fingerprint density at radius 1 is 0.738 bits per heavy atom. The van der Waals surface area contributed by atoms with Crippen molar-refractivity contribution in [2.24, 2.45) is 0 Å². The fraction of sp³-hybridized carbons (Fsp3) is 0.200. The number of hydrogen-bond acceptors (Lipinski definition) is 4. The third kappa shape index (κ3) is 5.55. The molecular weight excluding hydrogens is 606 g/mol. The van der Waals surface area contributed by atoms with E-state index in [0.717, 1.165) is 17.7 Å². The van der Waals surface area contributed by atoms with Crippen LogP contribution in [0.4, 0.5) is 26.3 Å². The summed E-state index contributed by atoms with van der Waals surface area (Å²) in [7, 11) is -3.85. The van der Waals surface area contributed by atoms with Gasteiger partial charge in [-0.15, -0.1) is 11.6 Å². The molecule has 0 atom stereocenters. The number of phenolic OH excluding ortho intramolecular Hbond substituents is 1. The van der Waals surface area contributed by atoms with Gasteiger partial charge < -0.3 is 9.84 Å². The van der Waals surface area contributed by atoms with Crippen molar-refractivity contribution in [3.8, 4) is 17.2 Å². The summed E-state index contributed by atoms with van der Waals surface area (Å²) in [4.78, 5) is 0.0272. The van der Waals surface area contributed by atoms with Crippen molar-refractivity contribution < 1.29 is 44.6 Å². The second kappa shape index (κ2) is 11.2. The molecule has 0 aliphatic rings. The number of aromatic hydroxyl groups is 1. The van der Waals surface area contributed by atoms with Gasteiger partial charge >= 0.3 is 12.4 Å². The van der Waals surface area contributed by atoms with Gasteiger partial charge in [-0.2, -0.15) is 26.3 Å². The summed E-state index contributed by atoms with van der Waals surface area (Å²) in [5.74, 6) is -1.00. The maximum absolute atomic E-state index is 14.5. The maximum atomic E-state index is 14.5. The zero-order chi connectivity index (χ0) is 31.1. The lowest BCUT2D eigenvalue weighted by molar-refractivity contribution is -0.288. The number of sulfone groups is 1. The van der Waals surface area contributed by atoms with Gasteiger partial charge in [0.15, 0.2) is 0 Å². The number of benzene rings is 4. The van der Waals surface area contributed by atoms with Gasteiger partial charge in [0, 0.05) is 5.56 Å². The van der Waals surface area contributed by atoms with Crippen molar-refractivity contribution >= 4 is 21.4 Å². The molecule has 0 radical (unpaired) electrons. The first kappa shape index (κ1) is 31.2. The van der Waals surface area contributed by atoms with E-state index in [-0.39, 0.29) is 32.4 Å². The Hall–Kier alpha value is -3.70. The first-order valence-electron chi connectivity index (χ1n) is 12.2. The highest BCUT2D eigenvalue weighted by Gasteiger charge is 2.72. The first-order chi connectivity index (χ1) is 19.5. The lowest BCUT2D eigenvalue weighted by Gasteiger charge is -2.38. The lowest BCUT2D eigenvalue weighted by Crippen LogP contribution is -2.54.